The van der Waals surface area contributed by atoms with Gasteiger partial charge in [0.15, 0.2) is 0 Å². The van der Waals surface area contributed by atoms with Crippen molar-refractivity contribution in [3.8, 4) is 11.4 Å². The van der Waals surface area contributed by atoms with Crippen LogP contribution in [-0.4, -0.2) is 14.8 Å². The standard InChI is InChI=1S/C12H11ClN4/c1-17-11(6-12(14)16-17)10-4-7-2-3-8(13)5-9(7)15-10/h2-6,15H,1H3,(H2,14,16). The monoisotopic (exact) mass is 246 g/mol. The van der Waals surface area contributed by atoms with Crippen molar-refractivity contribution in [2.45, 2.75) is 0 Å². The average molecular weight is 247 g/mol. The molecule has 0 bridgehead atoms. The molecule has 86 valence electrons. The van der Waals surface area contributed by atoms with Gasteiger partial charge in [-0.3, -0.25) is 4.68 Å². The fourth-order valence-electron chi connectivity index (χ4n) is 1.98. The summed E-state index contributed by atoms with van der Waals surface area (Å²) >= 11 is 5.95. The number of aromatic nitrogens is 3. The molecule has 0 saturated carbocycles. The van der Waals surface area contributed by atoms with Crippen LogP contribution in [-0.2, 0) is 7.05 Å². The molecule has 1 aromatic carbocycles. The highest BCUT2D eigenvalue weighted by Crippen LogP contribution is 2.26. The third kappa shape index (κ3) is 1.66. The van der Waals surface area contributed by atoms with Crippen LogP contribution in [0, 0.1) is 0 Å². The van der Waals surface area contributed by atoms with Crippen LogP contribution in [0.15, 0.2) is 30.3 Å². The summed E-state index contributed by atoms with van der Waals surface area (Å²) in [6, 6.07) is 9.66. The number of halogens is 1. The maximum atomic E-state index is 5.95. The lowest BCUT2D eigenvalue weighted by Gasteiger charge is -1.96. The smallest absolute Gasteiger partial charge is 0.146 e. The largest absolute Gasteiger partial charge is 0.382 e. The van der Waals surface area contributed by atoms with E-state index in [4.69, 9.17) is 17.3 Å². The maximum absolute atomic E-state index is 5.95. The molecule has 0 spiro atoms. The first-order valence-corrected chi connectivity index (χ1v) is 5.59. The number of nitrogens with one attached hydrogen (secondary N) is 1. The second-order valence-electron chi connectivity index (χ2n) is 3.99. The van der Waals surface area contributed by atoms with Crippen LogP contribution in [0.2, 0.25) is 5.02 Å². The minimum atomic E-state index is 0.513. The Morgan fingerprint density at radius 2 is 2.12 bits per heavy atom. The van der Waals surface area contributed by atoms with Gasteiger partial charge in [0.1, 0.15) is 5.82 Å². The predicted octanol–water partition coefficient (Wildman–Crippen LogP) is 2.80. The number of aryl methyl sites for hydroxylation is 1. The van der Waals surface area contributed by atoms with Gasteiger partial charge < -0.3 is 10.7 Å². The van der Waals surface area contributed by atoms with Gasteiger partial charge in [0.05, 0.1) is 11.4 Å². The lowest BCUT2D eigenvalue weighted by molar-refractivity contribution is 0.778. The van der Waals surface area contributed by atoms with Crippen LogP contribution in [0.5, 0.6) is 0 Å². The second-order valence-corrected chi connectivity index (χ2v) is 4.43. The van der Waals surface area contributed by atoms with E-state index in [9.17, 15) is 0 Å². The number of rotatable bonds is 1. The molecule has 0 aliphatic carbocycles. The first-order chi connectivity index (χ1) is 8.13. The highest BCUT2D eigenvalue weighted by Gasteiger charge is 2.08. The summed E-state index contributed by atoms with van der Waals surface area (Å²) in [5, 5.41) is 5.96. The first kappa shape index (κ1) is 10.2. The molecule has 17 heavy (non-hydrogen) atoms. The number of H-pyrrole nitrogens is 1. The van der Waals surface area contributed by atoms with E-state index in [0.717, 1.165) is 27.3 Å². The van der Waals surface area contributed by atoms with Gasteiger partial charge in [-0.15, -0.1) is 0 Å². The number of fused-ring (bicyclic) bond motifs is 1. The first-order valence-electron chi connectivity index (χ1n) is 5.21. The number of nitrogens with two attached hydrogens (primary N) is 1. The van der Waals surface area contributed by atoms with Gasteiger partial charge >= 0.3 is 0 Å². The van der Waals surface area contributed by atoms with E-state index in [2.05, 4.69) is 16.1 Å². The molecule has 0 amide bonds. The van der Waals surface area contributed by atoms with Crippen LogP contribution in [0.1, 0.15) is 0 Å². The van der Waals surface area contributed by atoms with Crippen molar-refractivity contribution < 1.29 is 0 Å². The molecular formula is C12H11ClN4. The third-order valence-electron chi connectivity index (χ3n) is 2.76. The van der Waals surface area contributed by atoms with Gasteiger partial charge in [-0.25, -0.2) is 0 Å². The molecule has 2 heterocycles. The predicted molar refractivity (Wildman–Crippen MR) is 69.9 cm³/mol. The van der Waals surface area contributed by atoms with Crippen LogP contribution in [0.4, 0.5) is 5.82 Å². The number of aromatic amines is 1. The van der Waals surface area contributed by atoms with E-state index in [-0.39, 0.29) is 0 Å². The Hall–Kier alpha value is -1.94. The van der Waals surface area contributed by atoms with E-state index in [0.29, 0.717) is 5.82 Å². The number of hydrogen-bond acceptors (Lipinski definition) is 2. The zero-order valence-corrected chi connectivity index (χ0v) is 9.99. The van der Waals surface area contributed by atoms with Gasteiger partial charge in [-0.05, 0) is 18.2 Å². The normalized spacial score (nSPS) is 11.2. The van der Waals surface area contributed by atoms with Crippen molar-refractivity contribution in [2.75, 3.05) is 5.73 Å². The summed E-state index contributed by atoms with van der Waals surface area (Å²) in [7, 11) is 1.87. The molecule has 3 aromatic rings. The van der Waals surface area contributed by atoms with Crippen molar-refractivity contribution in [3.05, 3.63) is 35.4 Å². The molecule has 5 heteroatoms. The zero-order valence-electron chi connectivity index (χ0n) is 9.24. The molecule has 2 aromatic heterocycles. The molecular weight excluding hydrogens is 236 g/mol. The van der Waals surface area contributed by atoms with E-state index in [1.807, 2.05) is 31.3 Å². The average Bonchev–Trinajstić information content (AvgIpc) is 2.80. The molecule has 3 rings (SSSR count). The van der Waals surface area contributed by atoms with Crippen molar-refractivity contribution in [3.63, 3.8) is 0 Å². The number of hydrogen-bond donors (Lipinski definition) is 2. The van der Waals surface area contributed by atoms with Crippen LogP contribution < -0.4 is 5.73 Å². The van der Waals surface area contributed by atoms with E-state index < -0.39 is 0 Å². The van der Waals surface area contributed by atoms with Crippen molar-refractivity contribution in [2.24, 2.45) is 7.05 Å². The van der Waals surface area contributed by atoms with E-state index in [1.54, 1.807) is 4.68 Å². The van der Waals surface area contributed by atoms with Gasteiger partial charge in [0.25, 0.3) is 0 Å². The third-order valence-corrected chi connectivity index (χ3v) is 2.99. The fraction of sp³-hybridized carbons (Fsp3) is 0.0833. The van der Waals surface area contributed by atoms with Crippen LogP contribution in [0.25, 0.3) is 22.3 Å². The molecule has 0 unspecified atom stereocenters. The zero-order chi connectivity index (χ0) is 12.0. The topological polar surface area (TPSA) is 59.6 Å². The minimum Gasteiger partial charge on any atom is -0.382 e. The number of anilines is 1. The maximum Gasteiger partial charge on any atom is 0.146 e. The molecule has 3 N–H and O–H groups in total. The highest BCUT2D eigenvalue weighted by molar-refractivity contribution is 6.31. The Bertz CT molecular complexity index is 696. The number of benzene rings is 1. The number of nitrogen functional groups attached to an aromatic ring is 1. The molecule has 0 saturated heterocycles. The number of nitrogens with zero attached hydrogens (tertiary/aromatic N) is 2. The fourth-order valence-corrected chi connectivity index (χ4v) is 2.15. The van der Waals surface area contributed by atoms with Gasteiger partial charge in [-0.2, -0.15) is 5.10 Å². The summed E-state index contributed by atoms with van der Waals surface area (Å²) in [4.78, 5) is 3.31. The Morgan fingerprint density at radius 3 is 2.82 bits per heavy atom. The van der Waals surface area contributed by atoms with Gasteiger partial charge in [0.2, 0.25) is 0 Å². The summed E-state index contributed by atoms with van der Waals surface area (Å²) in [6.07, 6.45) is 0. The Labute approximate surface area is 103 Å². The van der Waals surface area contributed by atoms with Crippen molar-refractivity contribution in [1.82, 2.24) is 14.8 Å². The molecule has 4 nitrogen and oxygen atoms in total. The quantitative estimate of drug-likeness (QED) is 0.694. The lowest BCUT2D eigenvalue weighted by Crippen LogP contribution is -1.94. The highest BCUT2D eigenvalue weighted by atomic mass is 35.5. The second kappa shape index (κ2) is 3.53. The molecule has 0 fully saturated rings. The molecule has 0 atom stereocenters. The van der Waals surface area contributed by atoms with E-state index >= 15 is 0 Å². The molecule has 0 radical (unpaired) electrons. The minimum absolute atomic E-state index is 0.513. The SMILES string of the molecule is Cn1nc(N)cc1-c1cc2ccc(Cl)cc2[nH]1. The van der Waals surface area contributed by atoms with Crippen molar-refractivity contribution in [1.29, 1.82) is 0 Å². The van der Waals surface area contributed by atoms with Crippen LogP contribution in [0.3, 0.4) is 0 Å². The summed E-state index contributed by atoms with van der Waals surface area (Å²) < 4.78 is 1.75. The Balaban J connectivity index is 2.21. The van der Waals surface area contributed by atoms with E-state index in [1.165, 1.54) is 0 Å². The Kier molecular flexibility index (Phi) is 2.12. The van der Waals surface area contributed by atoms with Gasteiger partial charge in [-0.1, -0.05) is 17.7 Å². The van der Waals surface area contributed by atoms with Crippen LogP contribution >= 0.6 is 11.6 Å². The lowest BCUT2D eigenvalue weighted by atomic mass is 10.2. The molecule has 0 aliphatic rings. The summed E-state index contributed by atoms with van der Waals surface area (Å²) in [5.41, 5.74) is 8.61. The summed E-state index contributed by atoms with van der Waals surface area (Å²) in [5.74, 6) is 0.513. The Morgan fingerprint density at radius 1 is 1.29 bits per heavy atom. The summed E-state index contributed by atoms with van der Waals surface area (Å²) in [6.45, 7) is 0. The van der Waals surface area contributed by atoms with Gasteiger partial charge in [0, 0.05) is 29.0 Å². The van der Waals surface area contributed by atoms with Crippen molar-refractivity contribution >= 4 is 28.3 Å². The molecule has 0 aliphatic heterocycles.